The number of amides is 1. The average molecular weight is 294 g/mol. The van der Waals surface area contributed by atoms with Crippen molar-refractivity contribution >= 4 is 23.2 Å². The van der Waals surface area contributed by atoms with Crippen molar-refractivity contribution in [3.63, 3.8) is 0 Å². The van der Waals surface area contributed by atoms with E-state index < -0.39 is 0 Å². The molecule has 1 aromatic heterocycles. The Balaban J connectivity index is 2.16. The number of ether oxygens (including phenoxy) is 1. The summed E-state index contributed by atoms with van der Waals surface area (Å²) in [5.41, 5.74) is 1.51. The van der Waals surface area contributed by atoms with Crippen LogP contribution in [0, 0.1) is 0 Å². The van der Waals surface area contributed by atoms with Crippen LogP contribution in [-0.2, 0) is 4.79 Å². The zero-order valence-corrected chi connectivity index (χ0v) is 11.9. The van der Waals surface area contributed by atoms with E-state index in [1.807, 2.05) is 24.4 Å². The van der Waals surface area contributed by atoms with E-state index in [0.717, 1.165) is 5.69 Å². The maximum atomic E-state index is 11.7. The lowest BCUT2D eigenvalue weighted by Crippen LogP contribution is -2.12. The summed E-state index contributed by atoms with van der Waals surface area (Å²) in [5, 5.41) is 6.97. The summed E-state index contributed by atoms with van der Waals surface area (Å²) in [6.45, 7) is 0. The van der Waals surface area contributed by atoms with Crippen LogP contribution >= 0.6 is 11.6 Å². The lowest BCUT2D eigenvalue weighted by atomic mass is 10.2. The zero-order valence-electron chi connectivity index (χ0n) is 11.2. The Labute approximate surface area is 122 Å². The van der Waals surface area contributed by atoms with E-state index >= 15 is 0 Å². The second-order valence-electron chi connectivity index (χ2n) is 4.18. The Morgan fingerprint density at radius 3 is 3.00 bits per heavy atom. The molecule has 0 fully saturated rings. The van der Waals surface area contributed by atoms with Crippen molar-refractivity contribution in [1.82, 2.24) is 9.78 Å². The van der Waals surface area contributed by atoms with Crippen LogP contribution in [0.5, 0.6) is 5.75 Å². The van der Waals surface area contributed by atoms with Gasteiger partial charge >= 0.3 is 0 Å². The van der Waals surface area contributed by atoms with Gasteiger partial charge in [0, 0.05) is 30.8 Å². The highest BCUT2D eigenvalue weighted by Gasteiger charge is 2.09. The molecule has 0 spiro atoms. The molecular weight excluding hydrogens is 278 g/mol. The number of carbonyl (C=O) groups excluding carboxylic acids is 1. The molecule has 0 atom stereocenters. The van der Waals surface area contributed by atoms with E-state index in [0.29, 0.717) is 30.2 Å². The maximum Gasteiger partial charge on any atom is 0.224 e. The molecule has 1 N–H and O–H groups in total. The molecule has 0 aliphatic carbocycles. The molecule has 106 valence electrons. The minimum absolute atomic E-state index is 0.0733. The van der Waals surface area contributed by atoms with Crippen LogP contribution in [0.1, 0.15) is 12.8 Å². The summed E-state index contributed by atoms with van der Waals surface area (Å²) in [6, 6.07) is 7.33. The quantitative estimate of drug-likeness (QED) is 0.833. The van der Waals surface area contributed by atoms with Crippen molar-refractivity contribution in [3.05, 3.63) is 36.7 Å². The number of anilines is 1. The van der Waals surface area contributed by atoms with Crippen LogP contribution in [0.15, 0.2) is 36.7 Å². The van der Waals surface area contributed by atoms with Crippen molar-refractivity contribution in [2.24, 2.45) is 0 Å². The molecular formula is C14H16ClN3O2. The fourth-order valence-corrected chi connectivity index (χ4v) is 1.92. The number of nitrogens with zero attached hydrogens (tertiary/aromatic N) is 2. The Morgan fingerprint density at radius 1 is 1.50 bits per heavy atom. The Morgan fingerprint density at radius 2 is 2.35 bits per heavy atom. The van der Waals surface area contributed by atoms with Crippen molar-refractivity contribution in [3.8, 4) is 11.4 Å². The molecule has 1 aromatic carbocycles. The molecule has 0 bridgehead atoms. The first-order valence-electron chi connectivity index (χ1n) is 6.28. The van der Waals surface area contributed by atoms with Gasteiger partial charge in [0.25, 0.3) is 0 Å². The average Bonchev–Trinajstić information content (AvgIpc) is 2.99. The molecule has 1 amide bonds. The number of carbonyl (C=O) groups is 1. The molecule has 0 radical (unpaired) electrons. The highest BCUT2D eigenvalue weighted by atomic mass is 35.5. The highest BCUT2D eigenvalue weighted by Crippen LogP contribution is 2.27. The normalized spacial score (nSPS) is 10.3. The van der Waals surface area contributed by atoms with E-state index in [-0.39, 0.29) is 5.91 Å². The van der Waals surface area contributed by atoms with Gasteiger partial charge in [0.05, 0.1) is 18.5 Å². The fraction of sp³-hybridized carbons (Fsp3) is 0.286. The third kappa shape index (κ3) is 3.51. The van der Waals surface area contributed by atoms with Crippen molar-refractivity contribution in [2.45, 2.75) is 12.8 Å². The summed E-state index contributed by atoms with van der Waals surface area (Å²) in [7, 11) is 1.57. The third-order valence-corrected chi connectivity index (χ3v) is 3.03. The lowest BCUT2D eigenvalue weighted by Gasteiger charge is -2.12. The standard InChI is InChI=1S/C14H16ClN3O2/c1-20-13-10-11(18-9-3-8-16-18)5-6-12(13)17-14(19)4-2-7-15/h3,5-6,8-10H,2,4,7H2,1H3,(H,17,19). The van der Waals surface area contributed by atoms with Crippen LogP contribution in [0.25, 0.3) is 5.69 Å². The molecule has 20 heavy (non-hydrogen) atoms. The van der Waals surface area contributed by atoms with Crippen LogP contribution in [0.4, 0.5) is 5.69 Å². The number of aromatic nitrogens is 2. The van der Waals surface area contributed by atoms with Crippen molar-refractivity contribution in [1.29, 1.82) is 0 Å². The highest BCUT2D eigenvalue weighted by molar-refractivity contribution is 6.18. The first-order valence-corrected chi connectivity index (χ1v) is 6.82. The van der Waals surface area contributed by atoms with Gasteiger partial charge < -0.3 is 10.1 Å². The van der Waals surface area contributed by atoms with Crippen LogP contribution in [-0.4, -0.2) is 28.7 Å². The first kappa shape index (κ1) is 14.4. The van der Waals surface area contributed by atoms with Gasteiger partial charge in [-0.15, -0.1) is 11.6 Å². The summed E-state index contributed by atoms with van der Waals surface area (Å²) in [5.74, 6) is 0.996. The fourth-order valence-electron chi connectivity index (χ4n) is 1.79. The predicted molar refractivity (Wildman–Crippen MR) is 78.7 cm³/mol. The topological polar surface area (TPSA) is 56.1 Å². The number of hydrogen-bond donors (Lipinski definition) is 1. The van der Waals surface area contributed by atoms with Crippen molar-refractivity contribution < 1.29 is 9.53 Å². The Hall–Kier alpha value is -2.01. The molecule has 0 aliphatic rings. The van der Waals surface area contributed by atoms with E-state index in [9.17, 15) is 4.79 Å². The van der Waals surface area contributed by atoms with Gasteiger partial charge in [-0.05, 0) is 24.6 Å². The van der Waals surface area contributed by atoms with Crippen LogP contribution in [0.3, 0.4) is 0 Å². The lowest BCUT2D eigenvalue weighted by molar-refractivity contribution is -0.116. The first-order chi connectivity index (χ1) is 9.74. The molecule has 1 heterocycles. The van der Waals surface area contributed by atoms with Gasteiger partial charge in [-0.2, -0.15) is 5.10 Å². The van der Waals surface area contributed by atoms with Crippen LogP contribution < -0.4 is 10.1 Å². The Kier molecular flexibility index (Phi) is 5.01. The van der Waals surface area contributed by atoms with Crippen LogP contribution in [0.2, 0.25) is 0 Å². The summed E-state index contributed by atoms with van der Waals surface area (Å²) < 4.78 is 7.03. The number of nitrogens with one attached hydrogen (secondary N) is 1. The van der Waals surface area contributed by atoms with Gasteiger partial charge in [-0.1, -0.05) is 0 Å². The second kappa shape index (κ2) is 6.96. The minimum Gasteiger partial charge on any atom is -0.494 e. The SMILES string of the molecule is COc1cc(-n2cccn2)ccc1NC(=O)CCCCl. The summed E-state index contributed by atoms with van der Waals surface area (Å²) >= 11 is 5.57. The molecule has 0 saturated heterocycles. The van der Waals surface area contributed by atoms with Crippen molar-refractivity contribution in [2.75, 3.05) is 18.3 Å². The smallest absolute Gasteiger partial charge is 0.224 e. The molecule has 0 saturated carbocycles. The van der Waals surface area contributed by atoms with E-state index in [2.05, 4.69) is 10.4 Å². The van der Waals surface area contributed by atoms with Gasteiger partial charge in [0.2, 0.25) is 5.91 Å². The molecule has 2 rings (SSSR count). The molecule has 0 aliphatic heterocycles. The summed E-state index contributed by atoms with van der Waals surface area (Å²) in [6.07, 6.45) is 4.59. The van der Waals surface area contributed by atoms with Gasteiger partial charge in [-0.25, -0.2) is 4.68 Å². The molecule has 0 unspecified atom stereocenters. The number of methoxy groups -OCH3 is 1. The monoisotopic (exact) mass is 293 g/mol. The largest absolute Gasteiger partial charge is 0.494 e. The second-order valence-corrected chi connectivity index (χ2v) is 4.55. The minimum atomic E-state index is -0.0733. The molecule has 6 heteroatoms. The van der Waals surface area contributed by atoms with Gasteiger partial charge in [0.1, 0.15) is 5.75 Å². The van der Waals surface area contributed by atoms with E-state index in [1.165, 1.54) is 0 Å². The number of alkyl halides is 1. The molecule has 2 aromatic rings. The Bertz CT molecular complexity index is 570. The number of benzene rings is 1. The third-order valence-electron chi connectivity index (χ3n) is 2.77. The predicted octanol–water partition coefficient (Wildman–Crippen LogP) is 2.84. The zero-order chi connectivity index (χ0) is 14.4. The van der Waals surface area contributed by atoms with E-state index in [4.69, 9.17) is 16.3 Å². The van der Waals surface area contributed by atoms with Gasteiger partial charge in [-0.3, -0.25) is 4.79 Å². The molecule has 5 nitrogen and oxygen atoms in total. The summed E-state index contributed by atoms with van der Waals surface area (Å²) in [4.78, 5) is 11.7. The maximum absolute atomic E-state index is 11.7. The van der Waals surface area contributed by atoms with Gasteiger partial charge in [0.15, 0.2) is 0 Å². The van der Waals surface area contributed by atoms with E-state index in [1.54, 1.807) is 24.1 Å². The number of hydrogen-bond acceptors (Lipinski definition) is 3. The number of halogens is 1. The number of rotatable bonds is 6.